The van der Waals surface area contributed by atoms with Crippen molar-refractivity contribution in [1.29, 1.82) is 0 Å². The zero-order chi connectivity index (χ0) is 18.7. The number of anilines is 2. The van der Waals surface area contributed by atoms with Crippen LogP contribution in [0.3, 0.4) is 0 Å². The average molecular weight is 368 g/mol. The lowest BCUT2D eigenvalue weighted by molar-refractivity contribution is 0.0828. The smallest absolute Gasteiger partial charge is 0.254 e. The predicted molar refractivity (Wildman–Crippen MR) is 104 cm³/mol. The highest BCUT2D eigenvalue weighted by molar-refractivity contribution is 7.13. The maximum Gasteiger partial charge on any atom is 0.254 e. The first-order valence-electron chi connectivity index (χ1n) is 8.12. The molecule has 0 aliphatic rings. The topological polar surface area (TPSA) is 78.3 Å². The summed E-state index contributed by atoms with van der Waals surface area (Å²) in [5.74, 6) is 0.425. The van der Waals surface area contributed by atoms with Crippen molar-refractivity contribution in [2.75, 3.05) is 19.4 Å². The van der Waals surface area contributed by atoms with E-state index in [1.165, 1.54) is 11.3 Å². The van der Waals surface area contributed by atoms with Crippen molar-refractivity contribution in [3.05, 3.63) is 59.1 Å². The molecule has 26 heavy (non-hydrogen) atoms. The molecule has 0 bridgehead atoms. The third-order valence-corrected chi connectivity index (χ3v) is 4.74. The maximum atomic E-state index is 12.1. The summed E-state index contributed by atoms with van der Waals surface area (Å²) in [6, 6.07) is 11.1. The first kappa shape index (κ1) is 18.0. The Kier molecular flexibility index (Phi) is 5.29. The molecule has 0 spiro atoms. The molecule has 2 aromatic heterocycles. The summed E-state index contributed by atoms with van der Waals surface area (Å²) in [4.78, 5) is 23.3. The summed E-state index contributed by atoms with van der Waals surface area (Å²) in [6.07, 6.45) is 1.14. The number of carbonyl (C=O) groups excluding carboxylic acids is 1. The van der Waals surface area contributed by atoms with Gasteiger partial charge in [-0.05, 0) is 36.8 Å². The zero-order valence-electron chi connectivity index (χ0n) is 14.8. The first-order chi connectivity index (χ1) is 12.4. The van der Waals surface area contributed by atoms with E-state index in [4.69, 9.17) is 0 Å². The Morgan fingerprint density at radius 1 is 1.27 bits per heavy atom. The highest BCUT2D eigenvalue weighted by Crippen LogP contribution is 2.27. The molecule has 2 heterocycles. The van der Waals surface area contributed by atoms with Crippen LogP contribution in [-0.4, -0.2) is 40.0 Å². The van der Waals surface area contributed by atoms with Crippen molar-refractivity contribution in [2.45, 2.75) is 13.0 Å². The minimum absolute atomic E-state index is 0.0326. The number of rotatable bonds is 5. The van der Waals surface area contributed by atoms with E-state index < -0.39 is 6.10 Å². The van der Waals surface area contributed by atoms with Crippen LogP contribution in [0.1, 0.15) is 28.9 Å². The van der Waals surface area contributed by atoms with Crippen molar-refractivity contribution >= 4 is 28.9 Å². The largest absolute Gasteiger partial charge is 0.389 e. The van der Waals surface area contributed by atoms with Gasteiger partial charge < -0.3 is 15.3 Å². The van der Waals surface area contributed by atoms with Gasteiger partial charge in [-0.25, -0.2) is 9.97 Å². The molecule has 1 atom stereocenters. The molecule has 6 nitrogen and oxygen atoms in total. The van der Waals surface area contributed by atoms with Gasteiger partial charge >= 0.3 is 0 Å². The predicted octanol–water partition coefficient (Wildman–Crippen LogP) is 3.70. The second kappa shape index (κ2) is 7.63. The van der Waals surface area contributed by atoms with Gasteiger partial charge in [-0.3, -0.25) is 4.79 Å². The van der Waals surface area contributed by atoms with Gasteiger partial charge in [0.05, 0.1) is 22.2 Å². The molecule has 134 valence electrons. The van der Waals surface area contributed by atoms with E-state index in [2.05, 4.69) is 15.3 Å². The SMILES string of the molecule is CC(O)c1cccc(Nc2nccc(-c3cc(C(=O)N(C)C)cs3)n2)c1. The van der Waals surface area contributed by atoms with Crippen molar-refractivity contribution < 1.29 is 9.90 Å². The van der Waals surface area contributed by atoms with Gasteiger partial charge in [0.25, 0.3) is 5.91 Å². The third-order valence-electron chi connectivity index (χ3n) is 3.79. The third kappa shape index (κ3) is 4.07. The summed E-state index contributed by atoms with van der Waals surface area (Å²) < 4.78 is 0. The number of hydrogen-bond acceptors (Lipinski definition) is 6. The Balaban J connectivity index is 1.83. The molecule has 0 aliphatic carbocycles. The highest BCUT2D eigenvalue weighted by atomic mass is 32.1. The van der Waals surface area contributed by atoms with E-state index in [1.807, 2.05) is 41.8 Å². The standard InChI is InChI=1S/C19H20N4O2S/c1-12(24)13-5-4-6-15(9-13)21-19-20-8-7-16(22-19)17-10-14(11-26-17)18(25)23(2)3/h4-12,24H,1-3H3,(H,20,21,22). The van der Waals surface area contributed by atoms with Crippen LogP contribution in [0.2, 0.25) is 0 Å². The van der Waals surface area contributed by atoms with Crippen LogP contribution < -0.4 is 5.32 Å². The van der Waals surface area contributed by atoms with Gasteiger partial charge in [0.1, 0.15) is 0 Å². The Morgan fingerprint density at radius 2 is 2.08 bits per heavy atom. The number of amides is 1. The fourth-order valence-corrected chi connectivity index (χ4v) is 3.25. The van der Waals surface area contributed by atoms with Crippen LogP contribution >= 0.6 is 11.3 Å². The van der Waals surface area contributed by atoms with Gasteiger partial charge in [-0.1, -0.05) is 12.1 Å². The fourth-order valence-electron chi connectivity index (χ4n) is 2.40. The normalized spacial score (nSPS) is 11.8. The average Bonchev–Trinajstić information content (AvgIpc) is 3.11. The lowest BCUT2D eigenvalue weighted by atomic mass is 10.1. The monoisotopic (exact) mass is 368 g/mol. The summed E-state index contributed by atoms with van der Waals surface area (Å²) >= 11 is 1.47. The first-order valence-corrected chi connectivity index (χ1v) is 9.00. The molecule has 2 N–H and O–H groups in total. The minimum Gasteiger partial charge on any atom is -0.389 e. The number of nitrogens with zero attached hydrogens (tertiary/aromatic N) is 3. The van der Waals surface area contributed by atoms with Gasteiger partial charge in [0.2, 0.25) is 5.95 Å². The van der Waals surface area contributed by atoms with Crippen molar-refractivity contribution in [2.24, 2.45) is 0 Å². The number of nitrogens with one attached hydrogen (secondary N) is 1. The van der Waals surface area contributed by atoms with E-state index in [9.17, 15) is 9.90 Å². The zero-order valence-corrected chi connectivity index (χ0v) is 15.6. The van der Waals surface area contributed by atoms with E-state index in [0.717, 1.165) is 21.8 Å². The van der Waals surface area contributed by atoms with Crippen LogP contribution in [-0.2, 0) is 0 Å². The minimum atomic E-state index is -0.539. The van der Waals surface area contributed by atoms with Gasteiger partial charge in [0, 0.05) is 31.4 Å². The summed E-state index contributed by atoms with van der Waals surface area (Å²) in [6.45, 7) is 1.72. The summed E-state index contributed by atoms with van der Waals surface area (Å²) in [5.41, 5.74) is 3.01. The second-order valence-electron chi connectivity index (χ2n) is 6.09. The molecule has 1 unspecified atom stereocenters. The lowest BCUT2D eigenvalue weighted by Crippen LogP contribution is -2.20. The molecule has 1 amide bonds. The molecule has 0 fully saturated rings. The number of benzene rings is 1. The number of thiophene rings is 1. The fraction of sp³-hybridized carbons (Fsp3) is 0.211. The molecular weight excluding hydrogens is 348 g/mol. The van der Waals surface area contributed by atoms with Crippen molar-refractivity contribution in [3.8, 4) is 10.6 Å². The quantitative estimate of drug-likeness (QED) is 0.718. The molecule has 0 saturated heterocycles. The summed E-state index contributed by atoms with van der Waals surface area (Å²) in [5, 5.41) is 14.7. The number of aliphatic hydroxyl groups excluding tert-OH is 1. The number of hydrogen-bond donors (Lipinski definition) is 2. The van der Waals surface area contributed by atoms with Crippen LogP contribution in [0.5, 0.6) is 0 Å². The van der Waals surface area contributed by atoms with E-state index in [0.29, 0.717) is 11.5 Å². The number of carbonyl (C=O) groups is 1. The Labute approximate surface area is 156 Å². The highest BCUT2D eigenvalue weighted by Gasteiger charge is 2.13. The lowest BCUT2D eigenvalue weighted by Gasteiger charge is -2.09. The molecule has 0 saturated carbocycles. The van der Waals surface area contributed by atoms with Crippen LogP contribution in [0.15, 0.2) is 48.0 Å². The van der Waals surface area contributed by atoms with Crippen LogP contribution in [0.4, 0.5) is 11.6 Å². The van der Waals surface area contributed by atoms with Crippen molar-refractivity contribution in [1.82, 2.24) is 14.9 Å². The molecule has 7 heteroatoms. The van der Waals surface area contributed by atoms with Crippen molar-refractivity contribution in [3.63, 3.8) is 0 Å². The van der Waals surface area contributed by atoms with E-state index in [-0.39, 0.29) is 5.91 Å². The van der Waals surface area contributed by atoms with Crippen LogP contribution in [0.25, 0.3) is 10.6 Å². The van der Waals surface area contributed by atoms with Gasteiger partial charge in [-0.15, -0.1) is 11.3 Å². The Hall–Kier alpha value is -2.77. The molecule has 3 rings (SSSR count). The van der Waals surface area contributed by atoms with E-state index in [1.54, 1.807) is 32.1 Å². The number of aromatic nitrogens is 2. The van der Waals surface area contributed by atoms with Crippen LogP contribution in [0, 0.1) is 0 Å². The molecule has 1 aromatic carbocycles. The van der Waals surface area contributed by atoms with Gasteiger partial charge in [-0.2, -0.15) is 0 Å². The Morgan fingerprint density at radius 3 is 2.81 bits per heavy atom. The molecular formula is C19H20N4O2S. The number of aliphatic hydroxyl groups is 1. The maximum absolute atomic E-state index is 12.1. The molecule has 0 aliphatic heterocycles. The summed E-state index contributed by atoms with van der Waals surface area (Å²) in [7, 11) is 3.46. The second-order valence-corrected chi connectivity index (χ2v) is 7.00. The Bertz CT molecular complexity index is 921. The van der Waals surface area contributed by atoms with Gasteiger partial charge in [0.15, 0.2) is 0 Å². The van der Waals surface area contributed by atoms with E-state index >= 15 is 0 Å². The molecule has 0 radical (unpaired) electrons. The molecule has 3 aromatic rings.